The first-order valence-electron chi connectivity index (χ1n) is 9.69. The van der Waals surface area contributed by atoms with Gasteiger partial charge in [-0.05, 0) is 36.5 Å². The van der Waals surface area contributed by atoms with E-state index in [0.717, 1.165) is 0 Å². The standard InChI is InChI=1S/C20H35NO/c1-19(2)17(20(19,3)4)18(22)21(15-11-7-5-8-12-15)16-13-9-6-10-14-16/h15-17H,5-14H2,1-4H3. The molecule has 0 bridgehead atoms. The average Bonchev–Trinajstić information content (AvgIpc) is 2.91. The molecule has 0 unspecified atom stereocenters. The molecule has 0 spiro atoms. The predicted octanol–water partition coefficient (Wildman–Crippen LogP) is 5.16. The molecule has 22 heavy (non-hydrogen) atoms. The van der Waals surface area contributed by atoms with E-state index in [2.05, 4.69) is 32.6 Å². The average molecular weight is 306 g/mol. The van der Waals surface area contributed by atoms with Crippen LogP contribution < -0.4 is 0 Å². The molecule has 0 aromatic carbocycles. The normalized spacial score (nSPS) is 29.3. The molecule has 0 N–H and O–H groups in total. The van der Waals surface area contributed by atoms with E-state index < -0.39 is 0 Å². The van der Waals surface area contributed by atoms with Gasteiger partial charge in [-0.15, -0.1) is 0 Å². The first-order valence-corrected chi connectivity index (χ1v) is 9.69. The Balaban J connectivity index is 1.80. The van der Waals surface area contributed by atoms with Crippen LogP contribution in [-0.4, -0.2) is 22.9 Å². The number of carbonyl (C=O) groups excluding carboxylic acids is 1. The van der Waals surface area contributed by atoms with E-state index in [0.29, 0.717) is 18.0 Å². The molecule has 0 saturated heterocycles. The highest BCUT2D eigenvalue weighted by Gasteiger charge is 2.69. The van der Waals surface area contributed by atoms with Crippen molar-refractivity contribution in [3.05, 3.63) is 0 Å². The van der Waals surface area contributed by atoms with Gasteiger partial charge >= 0.3 is 0 Å². The Hall–Kier alpha value is -0.530. The molecule has 3 rings (SSSR count). The molecule has 2 heteroatoms. The van der Waals surface area contributed by atoms with Crippen LogP contribution in [0.3, 0.4) is 0 Å². The molecular formula is C20H35NO. The van der Waals surface area contributed by atoms with E-state index in [9.17, 15) is 4.79 Å². The molecule has 0 radical (unpaired) electrons. The first-order chi connectivity index (χ1) is 10.4. The van der Waals surface area contributed by atoms with Crippen LogP contribution in [0.5, 0.6) is 0 Å². The Morgan fingerprint density at radius 2 is 1.09 bits per heavy atom. The molecule has 0 aliphatic heterocycles. The van der Waals surface area contributed by atoms with Crippen LogP contribution in [0.15, 0.2) is 0 Å². The molecule has 3 aliphatic rings. The lowest BCUT2D eigenvalue weighted by molar-refractivity contribution is -0.140. The van der Waals surface area contributed by atoms with Crippen molar-refractivity contribution in [1.29, 1.82) is 0 Å². The summed E-state index contributed by atoms with van der Waals surface area (Å²) in [6.45, 7) is 9.15. The number of nitrogens with zero attached hydrogens (tertiary/aromatic N) is 1. The maximum absolute atomic E-state index is 13.5. The van der Waals surface area contributed by atoms with E-state index in [1.54, 1.807) is 0 Å². The highest BCUT2D eigenvalue weighted by molar-refractivity contribution is 5.85. The molecule has 1 amide bonds. The second-order valence-electron chi connectivity index (χ2n) is 9.21. The third-order valence-electron chi connectivity index (χ3n) is 7.46. The topological polar surface area (TPSA) is 20.3 Å². The Labute approximate surface area is 137 Å². The lowest BCUT2D eigenvalue weighted by Crippen LogP contribution is -2.50. The fourth-order valence-corrected chi connectivity index (χ4v) is 5.34. The van der Waals surface area contributed by atoms with E-state index in [-0.39, 0.29) is 16.7 Å². The van der Waals surface area contributed by atoms with Gasteiger partial charge in [0.15, 0.2) is 0 Å². The number of amides is 1. The minimum absolute atomic E-state index is 0.172. The third-order valence-corrected chi connectivity index (χ3v) is 7.46. The van der Waals surface area contributed by atoms with Gasteiger partial charge in [0.25, 0.3) is 0 Å². The van der Waals surface area contributed by atoms with Crippen molar-refractivity contribution >= 4 is 5.91 Å². The lowest BCUT2D eigenvalue weighted by Gasteiger charge is -2.42. The van der Waals surface area contributed by atoms with Crippen molar-refractivity contribution < 1.29 is 4.79 Å². The van der Waals surface area contributed by atoms with E-state index >= 15 is 0 Å². The maximum Gasteiger partial charge on any atom is 0.227 e. The van der Waals surface area contributed by atoms with E-state index in [1.807, 2.05) is 0 Å². The SMILES string of the molecule is CC1(C)C(C(=O)N(C2CCCCC2)C2CCCCC2)C1(C)C. The number of hydrogen-bond donors (Lipinski definition) is 0. The summed E-state index contributed by atoms with van der Waals surface area (Å²) in [6, 6.07) is 1.08. The zero-order valence-electron chi connectivity index (χ0n) is 15.2. The van der Waals surface area contributed by atoms with E-state index in [4.69, 9.17) is 0 Å². The van der Waals surface area contributed by atoms with Crippen LogP contribution in [-0.2, 0) is 4.79 Å². The van der Waals surface area contributed by atoms with Crippen LogP contribution in [0.1, 0.15) is 91.9 Å². The first kappa shape index (κ1) is 16.3. The zero-order chi connectivity index (χ0) is 16.0. The van der Waals surface area contributed by atoms with Gasteiger partial charge in [-0.1, -0.05) is 66.2 Å². The Bertz CT molecular complexity index is 381. The zero-order valence-corrected chi connectivity index (χ0v) is 15.2. The molecule has 3 fully saturated rings. The maximum atomic E-state index is 13.5. The second kappa shape index (κ2) is 5.83. The molecule has 2 nitrogen and oxygen atoms in total. The third kappa shape index (κ3) is 2.61. The highest BCUT2D eigenvalue weighted by atomic mass is 16.2. The Kier molecular flexibility index (Phi) is 4.33. The molecule has 0 atom stereocenters. The fraction of sp³-hybridized carbons (Fsp3) is 0.950. The predicted molar refractivity (Wildman–Crippen MR) is 91.6 cm³/mol. The second-order valence-corrected chi connectivity index (χ2v) is 9.21. The van der Waals surface area contributed by atoms with Crippen molar-refractivity contribution in [2.45, 2.75) is 104 Å². The summed E-state index contributed by atoms with van der Waals surface area (Å²) < 4.78 is 0. The van der Waals surface area contributed by atoms with Crippen molar-refractivity contribution in [3.63, 3.8) is 0 Å². The van der Waals surface area contributed by atoms with Gasteiger partial charge < -0.3 is 4.90 Å². The van der Waals surface area contributed by atoms with Crippen LogP contribution in [0.2, 0.25) is 0 Å². The number of carbonyl (C=O) groups is 1. The summed E-state index contributed by atoms with van der Waals surface area (Å²) in [5, 5.41) is 0. The molecule has 0 heterocycles. The van der Waals surface area contributed by atoms with Gasteiger partial charge in [-0.2, -0.15) is 0 Å². The smallest absolute Gasteiger partial charge is 0.227 e. The van der Waals surface area contributed by atoms with Crippen LogP contribution in [0, 0.1) is 16.7 Å². The quantitative estimate of drug-likeness (QED) is 0.705. The van der Waals surface area contributed by atoms with Crippen LogP contribution >= 0.6 is 0 Å². The highest BCUT2D eigenvalue weighted by Crippen LogP contribution is 2.69. The minimum Gasteiger partial charge on any atom is -0.336 e. The molecule has 3 aliphatic carbocycles. The molecule has 0 aromatic heterocycles. The Morgan fingerprint density at radius 3 is 1.41 bits per heavy atom. The summed E-state index contributed by atoms with van der Waals surface area (Å²) >= 11 is 0. The Morgan fingerprint density at radius 1 is 0.727 bits per heavy atom. The summed E-state index contributed by atoms with van der Waals surface area (Å²) in [5.41, 5.74) is 0.345. The lowest BCUT2D eigenvalue weighted by atomic mass is 9.88. The van der Waals surface area contributed by atoms with Gasteiger partial charge in [-0.25, -0.2) is 0 Å². The van der Waals surface area contributed by atoms with Crippen LogP contribution in [0.4, 0.5) is 0 Å². The van der Waals surface area contributed by atoms with Crippen LogP contribution in [0.25, 0.3) is 0 Å². The van der Waals surface area contributed by atoms with Gasteiger partial charge in [0, 0.05) is 18.0 Å². The molecule has 0 aromatic rings. The fourth-order valence-electron chi connectivity index (χ4n) is 5.34. The van der Waals surface area contributed by atoms with Crippen molar-refractivity contribution in [2.75, 3.05) is 0 Å². The van der Waals surface area contributed by atoms with Crippen molar-refractivity contribution in [2.24, 2.45) is 16.7 Å². The van der Waals surface area contributed by atoms with Gasteiger partial charge in [0.05, 0.1) is 0 Å². The van der Waals surface area contributed by atoms with E-state index in [1.165, 1.54) is 64.2 Å². The largest absolute Gasteiger partial charge is 0.336 e. The van der Waals surface area contributed by atoms with Gasteiger partial charge in [0.1, 0.15) is 0 Å². The summed E-state index contributed by atoms with van der Waals surface area (Å²) in [4.78, 5) is 15.9. The van der Waals surface area contributed by atoms with Crippen molar-refractivity contribution in [3.8, 4) is 0 Å². The molecular weight excluding hydrogens is 270 g/mol. The number of rotatable bonds is 3. The van der Waals surface area contributed by atoms with Gasteiger partial charge in [0.2, 0.25) is 5.91 Å². The summed E-state index contributed by atoms with van der Waals surface area (Å²) in [6.07, 6.45) is 13.0. The number of hydrogen-bond acceptors (Lipinski definition) is 1. The van der Waals surface area contributed by atoms with Gasteiger partial charge in [-0.3, -0.25) is 4.79 Å². The monoisotopic (exact) mass is 305 g/mol. The van der Waals surface area contributed by atoms with Crippen molar-refractivity contribution in [1.82, 2.24) is 4.90 Å². The summed E-state index contributed by atoms with van der Waals surface area (Å²) in [5.74, 6) is 0.734. The molecule has 3 saturated carbocycles. The minimum atomic E-state index is 0.172. The molecule has 126 valence electrons. The summed E-state index contributed by atoms with van der Waals surface area (Å²) in [7, 11) is 0.